The molecule has 4 nitrogen and oxygen atoms in total. The Morgan fingerprint density at radius 1 is 1.42 bits per heavy atom. The lowest BCUT2D eigenvalue weighted by atomic mass is 9.86. The maximum atomic E-state index is 13.8. The van der Waals surface area contributed by atoms with Crippen molar-refractivity contribution in [2.75, 3.05) is 13.6 Å². The minimum absolute atomic E-state index is 0.310. The summed E-state index contributed by atoms with van der Waals surface area (Å²) < 4.78 is 39.5. The van der Waals surface area contributed by atoms with Gasteiger partial charge in [-0.25, -0.2) is 17.1 Å². The number of aliphatic hydroxyl groups is 1. The van der Waals surface area contributed by atoms with Crippen LogP contribution in [0.3, 0.4) is 0 Å². The van der Waals surface area contributed by atoms with Gasteiger partial charge in [-0.3, -0.25) is 0 Å². The molecule has 0 bridgehead atoms. The smallest absolute Gasteiger partial charge is 0.245 e. The van der Waals surface area contributed by atoms with Gasteiger partial charge in [0.1, 0.15) is 10.7 Å². The Kier molecular flexibility index (Phi) is 4.23. The molecule has 106 valence electrons. The van der Waals surface area contributed by atoms with Crippen molar-refractivity contribution in [3.05, 3.63) is 29.6 Å². The van der Waals surface area contributed by atoms with Crippen LogP contribution < -0.4 is 0 Å². The molecule has 0 atom stereocenters. The zero-order valence-corrected chi connectivity index (χ0v) is 11.7. The van der Waals surface area contributed by atoms with E-state index >= 15 is 0 Å². The van der Waals surface area contributed by atoms with Crippen molar-refractivity contribution in [2.24, 2.45) is 5.92 Å². The average Bonchev–Trinajstić information content (AvgIpc) is 2.32. The van der Waals surface area contributed by atoms with Gasteiger partial charge in [0.2, 0.25) is 10.0 Å². The summed E-state index contributed by atoms with van der Waals surface area (Å²) in [5.41, 5.74) is 0.359. The van der Waals surface area contributed by atoms with Gasteiger partial charge >= 0.3 is 0 Å². The van der Waals surface area contributed by atoms with Crippen LogP contribution in [0.1, 0.15) is 24.8 Å². The standard InChI is InChI=1S/C13H18FNO3S/c1-15(8-10-3-2-4-10)19(17,18)13-6-5-11(9-16)7-12(13)14/h5-7,10,16H,2-4,8-9H2,1H3. The van der Waals surface area contributed by atoms with Crippen molar-refractivity contribution < 1.29 is 17.9 Å². The van der Waals surface area contributed by atoms with Crippen molar-refractivity contribution in [2.45, 2.75) is 30.8 Å². The molecule has 1 aliphatic carbocycles. The fourth-order valence-electron chi connectivity index (χ4n) is 2.16. The first kappa shape index (κ1) is 14.4. The highest BCUT2D eigenvalue weighted by Crippen LogP contribution is 2.29. The van der Waals surface area contributed by atoms with Gasteiger partial charge in [0.15, 0.2) is 0 Å². The first-order valence-corrected chi connectivity index (χ1v) is 7.75. The van der Waals surface area contributed by atoms with Crippen molar-refractivity contribution >= 4 is 10.0 Å². The first-order chi connectivity index (χ1) is 8.95. The van der Waals surface area contributed by atoms with E-state index in [1.54, 1.807) is 0 Å². The van der Waals surface area contributed by atoms with Gasteiger partial charge in [0.25, 0.3) is 0 Å². The van der Waals surface area contributed by atoms with Crippen LogP contribution in [-0.4, -0.2) is 31.4 Å². The summed E-state index contributed by atoms with van der Waals surface area (Å²) in [6, 6.07) is 3.70. The molecule has 6 heteroatoms. The largest absolute Gasteiger partial charge is 0.392 e. The zero-order chi connectivity index (χ0) is 14.0. The van der Waals surface area contributed by atoms with Gasteiger partial charge in [0, 0.05) is 13.6 Å². The quantitative estimate of drug-likeness (QED) is 0.897. The van der Waals surface area contributed by atoms with Crippen molar-refractivity contribution in [3.8, 4) is 0 Å². The Hall–Kier alpha value is -0.980. The molecule has 0 amide bonds. The molecule has 19 heavy (non-hydrogen) atoms. The van der Waals surface area contributed by atoms with E-state index in [1.165, 1.54) is 23.5 Å². The third kappa shape index (κ3) is 2.96. The second-order valence-corrected chi connectivity index (χ2v) is 7.02. The van der Waals surface area contributed by atoms with Crippen molar-refractivity contribution in [3.63, 3.8) is 0 Å². The molecule has 0 saturated heterocycles. The predicted octanol–water partition coefficient (Wildman–Crippen LogP) is 1.74. The van der Waals surface area contributed by atoms with Gasteiger partial charge in [-0.15, -0.1) is 0 Å². The summed E-state index contributed by atoms with van der Waals surface area (Å²) in [7, 11) is -2.31. The minimum atomic E-state index is -3.79. The molecule has 1 aliphatic rings. The molecule has 1 aromatic carbocycles. The number of benzene rings is 1. The molecular formula is C13H18FNO3S. The number of rotatable bonds is 5. The lowest BCUT2D eigenvalue weighted by Gasteiger charge is -2.29. The Labute approximate surface area is 112 Å². The van der Waals surface area contributed by atoms with Gasteiger partial charge in [-0.1, -0.05) is 12.5 Å². The monoisotopic (exact) mass is 287 g/mol. The molecule has 0 aromatic heterocycles. The molecule has 1 aromatic rings. The van der Waals surface area contributed by atoms with Gasteiger partial charge in [0.05, 0.1) is 6.61 Å². The van der Waals surface area contributed by atoms with Crippen LogP contribution in [0.2, 0.25) is 0 Å². The molecule has 2 rings (SSSR count). The fraction of sp³-hybridized carbons (Fsp3) is 0.538. The van der Waals surface area contributed by atoms with E-state index < -0.39 is 15.8 Å². The number of halogens is 1. The molecule has 1 N–H and O–H groups in total. The maximum Gasteiger partial charge on any atom is 0.245 e. The first-order valence-electron chi connectivity index (χ1n) is 6.31. The minimum Gasteiger partial charge on any atom is -0.392 e. The van der Waals surface area contributed by atoms with Gasteiger partial charge in [-0.2, -0.15) is 0 Å². The summed E-state index contributed by atoms with van der Waals surface area (Å²) in [6.07, 6.45) is 3.20. The SMILES string of the molecule is CN(CC1CCC1)S(=O)(=O)c1ccc(CO)cc1F. The molecule has 1 saturated carbocycles. The van der Waals surface area contributed by atoms with E-state index in [4.69, 9.17) is 5.11 Å². The lowest BCUT2D eigenvalue weighted by Crippen LogP contribution is -2.34. The van der Waals surface area contributed by atoms with Crippen LogP contribution in [0.15, 0.2) is 23.1 Å². The van der Waals surface area contributed by atoms with Crippen LogP contribution in [0, 0.1) is 11.7 Å². The number of hydrogen-bond donors (Lipinski definition) is 1. The van der Waals surface area contributed by atoms with Crippen LogP contribution >= 0.6 is 0 Å². The number of aliphatic hydroxyl groups excluding tert-OH is 1. The van der Waals surface area contributed by atoms with Crippen LogP contribution in [0.25, 0.3) is 0 Å². The molecule has 0 spiro atoms. The van der Waals surface area contributed by atoms with Crippen molar-refractivity contribution in [1.82, 2.24) is 4.31 Å². The Balaban J connectivity index is 2.22. The van der Waals surface area contributed by atoms with Crippen LogP contribution in [0.4, 0.5) is 4.39 Å². The Morgan fingerprint density at radius 3 is 2.58 bits per heavy atom. The summed E-state index contributed by atoms with van der Waals surface area (Å²) in [5.74, 6) is -0.424. The number of hydrogen-bond acceptors (Lipinski definition) is 3. The van der Waals surface area contributed by atoms with E-state index in [0.29, 0.717) is 18.0 Å². The van der Waals surface area contributed by atoms with E-state index in [-0.39, 0.29) is 11.5 Å². The predicted molar refractivity (Wildman–Crippen MR) is 69.5 cm³/mol. The van der Waals surface area contributed by atoms with Gasteiger partial charge < -0.3 is 5.11 Å². The van der Waals surface area contributed by atoms with Crippen LogP contribution in [-0.2, 0) is 16.6 Å². The number of nitrogens with zero attached hydrogens (tertiary/aromatic N) is 1. The molecule has 0 heterocycles. The number of sulfonamides is 1. The summed E-state index contributed by atoms with van der Waals surface area (Å²) in [4.78, 5) is -0.327. The van der Waals surface area contributed by atoms with E-state index in [2.05, 4.69) is 0 Å². The highest BCUT2D eigenvalue weighted by molar-refractivity contribution is 7.89. The Morgan fingerprint density at radius 2 is 2.11 bits per heavy atom. The normalized spacial score (nSPS) is 16.6. The van der Waals surface area contributed by atoms with E-state index in [0.717, 1.165) is 25.3 Å². The maximum absolute atomic E-state index is 13.8. The van der Waals surface area contributed by atoms with Crippen LogP contribution in [0.5, 0.6) is 0 Å². The highest BCUT2D eigenvalue weighted by atomic mass is 32.2. The zero-order valence-electron chi connectivity index (χ0n) is 10.8. The summed E-state index contributed by atoms with van der Waals surface area (Å²) in [6.45, 7) is 0.124. The molecule has 0 unspecified atom stereocenters. The second-order valence-electron chi connectivity index (χ2n) is 5.01. The highest BCUT2D eigenvalue weighted by Gasteiger charge is 2.28. The summed E-state index contributed by atoms with van der Waals surface area (Å²) in [5, 5.41) is 8.90. The average molecular weight is 287 g/mol. The topological polar surface area (TPSA) is 57.6 Å². The van der Waals surface area contributed by atoms with Crippen molar-refractivity contribution in [1.29, 1.82) is 0 Å². The lowest BCUT2D eigenvalue weighted by molar-refractivity contribution is 0.262. The molecule has 0 radical (unpaired) electrons. The van der Waals surface area contributed by atoms with E-state index in [1.807, 2.05) is 0 Å². The third-order valence-corrected chi connectivity index (χ3v) is 5.46. The second kappa shape index (κ2) is 5.56. The Bertz CT molecular complexity index is 555. The molecule has 1 fully saturated rings. The molecular weight excluding hydrogens is 269 g/mol. The fourth-order valence-corrected chi connectivity index (χ4v) is 3.45. The third-order valence-electron chi connectivity index (χ3n) is 3.61. The summed E-state index contributed by atoms with van der Waals surface area (Å²) >= 11 is 0. The van der Waals surface area contributed by atoms with Gasteiger partial charge in [-0.05, 0) is 36.5 Å². The molecule has 0 aliphatic heterocycles. The van der Waals surface area contributed by atoms with E-state index in [9.17, 15) is 12.8 Å².